The van der Waals surface area contributed by atoms with Gasteiger partial charge in [0.15, 0.2) is 0 Å². The molecule has 4 rings (SSSR count). The first kappa shape index (κ1) is 15.2. The van der Waals surface area contributed by atoms with Crippen LogP contribution < -0.4 is 10.2 Å². The molecule has 0 bridgehead atoms. The Morgan fingerprint density at radius 3 is 2.64 bits per heavy atom. The lowest BCUT2D eigenvalue weighted by Crippen LogP contribution is -2.06. The van der Waals surface area contributed by atoms with Crippen molar-refractivity contribution in [1.29, 1.82) is 0 Å². The molecule has 0 radical (unpaired) electrons. The molecule has 0 fully saturated rings. The Morgan fingerprint density at radius 1 is 1.08 bits per heavy atom. The van der Waals surface area contributed by atoms with Crippen LogP contribution in [0.3, 0.4) is 0 Å². The summed E-state index contributed by atoms with van der Waals surface area (Å²) in [7, 11) is 1.59. The van der Waals surface area contributed by atoms with Gasteiger partial charge in [-0.05, 0) is 37.3 Å². The second kappa shape index (κ2) is 5.94. The van der Waals surface area contributed by atoms with E-state index in [-0.39, 0.29) is 5.43 Å². The predicted molar refractivity (Wildman–Crippen MR) is 96.3 cm³/mol. The van der Waals surface area contributed by atoms with E-state index in [9.17, 15) is 4.79 Å². The lowest BCUT2D eigenvalue weighted by atomic mass is 10.1. The average molecular weight is 332 g/mol. The lowest BCUT2D eigenvalue weighted by Gasteiger charge is -2.07. The van der Waals surface area contributed by atoms with E-state index in [1.165, 1.54) is 6.26 Å². The second-order valence-corrected chi connectivity index (χ2v) is 5.73. The van der Waals surface area contributed by atoms with E-state index in [0.29, 0.717) is 28.0 Å². The first-order valence-corrected chi connectivity index (χ1v) is 7.89. The maximum Gasteiger partial charge on any atom is 0.202 e. The third-order valence-corrected chi connectivity index (χ3v) is 4.25. The number of aryl methyl sites for hydroxylation is 1. The van der Waals surface area contributed by atoms with Crippen LogP contribution in [-0.4, -0.2) is 16.9 Å². The summed E-state index contributed by atoms with van der Waals surface area (Å²) < 4.78 is 12.8. The summed E-state index contributed by atoms with van der Waals surface area (Å²) >= 11 is 0. The fraction of sp³-hybridized carbons (Fsp3) is 0.100. The summed E-state index contributed by atoms with van der Waals surface area (Å²) in [6, 6.07) is 15.1. The van der Waals surface area contributed by atoms with Gasteiger partial charge in [-0.25, -0.2) is 4.68 Å². The number of aromatic nitrogens is 2. The highest BCUT2D eigenvalue weighted by Crippen LogP contribution is 2.27. The third kappa shape index (κ3) is 2.50. The molecule has 0 amide bonds. The topological polar surface area (TPSA) is 57.3 Å². The van der Waals surface area contributed by atoms with E-state index in [2.05, 4.69) is 5.10 Å². The highest BCUT2D eigenvalue weighted by Gasteiger charge is 2.15. The smallest absolute Gasteiger partial charge is 0.202 e. The number of rotatable bonds is 3. The minimum Gasteiger partial charge on any atom is -0.496 e. The number of benzene rings is 2. The molecule has 25 heavy (non-hydrogen) atoms. The monoisotopic (exact) mass is 332 g/mol. The van der Waals surface area contributed by atoms with Crippen LogP contribution >= 0.6 is 0 Å². The van der Waals surface area contributed by atoms with Gasteiger partial charge in [0.25, 0.3) is 0 Å². The maximum absolute atomic E-state index is 12.9. The fourth-order valence-corrected chi connectivity index (χ4v) is 2.91. The zero-order valence-corrected chi connectivity index (χ0v) is 13.9. The van der Waals surface area contributed by atoms with Gasteiger partial charge in [-0.1, -0.05) is 18.2 Å². The van der Waals surface area contributed by atoms with Crippen LogP contribution in [0.4, 0.5) is 0 Å². The van der Waals surface area contributed by atoms with Crippen LogP contribution in [0.15, 0.2) is 70.2 Å². The molecular formula is C20H16N2O3. The average Bonchev–Trinajstić information content (AvgIpc) is 3.13. The van der Waals surface area contributed by atoms with Crippen LogP contribution in [0.25, 0.3) is 27.9 Å². The van der Waals surface area contributed by atoms with E-state index in [1.54, 1.807) is 23.9 Å². The van der Waals surface area contributed by atoms with Crippen molar-refractivity contribution in [2.75, 3.05) is 7.11 Å². The molecule has 5 heteroatoms. The molecule has 0 aliphatic rings. The van der Waals surface area contributed by atoms with E-state index in [1.807, 2.05) is 49.5 Å². The summed E-state index contributed by atoms with van der Waals surface area (Å²) in [5, 5.41) is 5.03. The predicted octanol–water partition coefficient (Wildman–Crippen LogP) is 3.96. The molecule has 2 aromatic heterocycles. The highest BCUT2D eigenvalue weighted by atomic mass is 16.5. The molecule has 0 spiro atoms. The molecule has 0 saturated heterocycles. The van der Waals surface area contributed by atoms with Crippen molar-refractivity contribution in [3.05, 3.63) is 76.8 Å². The van der Waals surface area contributed by atoms with Gasteiger partial charge in [-0.2, -0.15) is 5.10 Å². The zero-order valence-electron chi connectivity index (χ0n) is 13.9. The van der Waals surface area contributed by atoms with Gasteiger partial charge in [-0.3, -0.25) is 4.79 Å². The van der Waals surface area contributed by atoms with E-state index in [0.717, 1.165) is 11.3 Å². The maximum atomic E-state index is 12.9. The van der Waals surface area contributed by atoms with E-state index >= 15 is 0 Å². The number of nitrogens with zero attached hydrogens (tertiary/aromatic N) is 2. The van der Waals surface area contributed by atoms with Crippen LogP contribution in [0, 0.1) is 6.92 Å². The molecule has 0 unspecified atom stereocenters. The lowest BCUT2D eigenvalue weighted by molar-refractivity contribution is 0.411. The number of ether oxygens (including phenoxy) is 1. The van der Waals surface area contributed by atoms with Crippen molar-refractivity contribution in [2.45, 2.75) is 6.92 Å². The van der Waals surface area contributed by atoms with Gasteiger partial charge in [0.1, 0.15) is 17.6 Å². The highest BCUT2D eigenvalue weighted by molar-refractivity contribution is 5.85. The van der Waals surface area contributed by atoms with Crippen LogP contribution in [0.5, 0.6) is 5.75 Å². The molecule has 2 aromatic carbocycles. The molecule has 124 valence electrons. The van der Waals surface area contributed by atoms with E-state index < -0.39 is 0 Å². The minimum atomic E-state index is -0.106. The van der Waals surface area contributed by atoms with Crippen LogP contribution in [0.1, 0.15) is 5.56 Å². The van der Waals surface area contributed by atoms with Crippen LogP contribution in [0.2, 0.25) is 0 Å². The number of para-hydroxylation sites is 1. The fourth-order valence-electron chi connectivity index (χ4n) is 2.91. The van der Waals surface area contributed by atoms with Crippen molar-refractivity contribution in [2.24, 2.45) is 0 Å². The first-order chi connectivity index (χ1) is 12.2. The normalized spacial score (nSPS) is 11.0. The van der Waals surface area contributed by atoms with Gasteiger partial charge in [0.05, 0.1) is 29.4 Å². The van der Waals surface area contributed by atoms with Gasteiger partial charge < -0.3 is 9.15 Å². The van der Waals surface area contributed by atoms with Gasteiger partial charge in [-0.15, -0.1) is 0 Å². The molecule has 0 N–H and O–H groups in total. The molecule has 2 heterocycles. The molecule has 0 atom stereocenters. The number of hydrogen-bond acceptors (Lipinski definition) is 4. The first-order valence-electron chi connectivity index (χ1n) is 7.89. The molecule has 0 aliphatic carbocycles. The summed E-state index contributed by atoms with van der Waals surface area (Å²) in [5.41, 5.74) is 3.18. The van der Waals surface area contributed by atoms with Crippen molar-refractivity contribution in [3.63, 3.8) is 0 Å². The molecule has 5 nitrogen and oxygen atoms in total. The molecular weight excluding hydrogens is 316 g/mol. The Morgan fingerprint density at radius 2 is 1.88 bits per heavy atom. The number of methoxy groups -OCH3 is 1. The zero-order chi connectivity index (χ0) is 17.4. The number of hydrogen-bond donors (Lipinski definition) is 0. The summed E-state index contributed by atoms with van der Waals surface area (Å²) in [5.74, 6) is 0.691. The summed E-state index contributed by atoms with van der Waals surface area (Å²) in [6.45, 7) is 1.87. The van der Waals surface area contributed by atoms with Gasteiger partial charge >= 0.3 is 0 Å². The molecule has 0 aliphatic heterocycles. The Bertz CT molecular complexity index is 1110. The Kier molecular flexibility index (Phi) is 3.61. The van der Waals surface area contributed by atoms with Gasteiger partial charge in [0, 0.05) is 11.8 Å². The standard InChI is InChI=1S/C20H16N2O3/c1-13-18(24-2)9-8-15-19(23)16(12-25-20(13)15)17-10-11-22(21-17)14-6-4-3-5-7-14/h3-12H,1-2H3. The van der Waals surface area contributed by atoms with Crippen molar-refractivity contribution < 1.29 is 9.15 Å². The third-order valence-electron chi connectivity index (χ3n) is 4.25. The Labute approximate surface area is 144 Å². The van der Waals surface area contributed by atoms with Crippen molar-refractivity contribution in [1.82, 2.24) is 9.78 Å². The minimum absolute atomic E-state index is 0.106. The molecule has 4 aromatic rings. The second-order valence-electron chi connectivity index (χ2n) is 5.73. The molecule has 0 saturated carbocycles. The summed E-state index contributed by atoms with van der Waals surface area (Å²) in [4.78, 5) is 12.9. The largest absolute Gasteiger partial charge is 0.496 e. The van der Waals surface area contributed by atoms with Crippen molar-refractivity contribution in [3.8, 4) is 22.7 Å². The SMILES string of the molecule is COc1ccc2c(=O)c(-c3ccn(-c4ccccc4)n3)coc2c1C. The number of fused-ring (bicyclic) bond motifs is 1. The van der Waals surface area contributed by atoms with Gasteiger partial charge in [0.2, 0.25) is 5.43 Å². The van der Waals surface area contributed by atoms with Crippen molar-refractivity contribution >= 4 is 11.0 Å². The Balaban J connectivity index is 1.84. The van der Waals surface area contributed by atoms with E-state index in [4.69, 9.17) is 9.15 Å². The van der Waals surface area contributed by atoms with Crippen LogP contribution in [-0.2, 0) is 0 Å². The summed E-state index contributed by atoms with van der Waals surface area (Å²) in [6.07, 6.45) is 3.29. The Hall–Kier alpha value is -3.34. The quantitative estimate of drug-likeness (QED) is 0.570.